The van der Waals surface area contributed by atoms with Crippen molar-refractivity contribution in [3.63, 3.8) is 0 Å². The van der Waals surface area contributed by atoms with Crippen LogP contribution in [-0.4, -0.2) is 43.8 Å². The van der Waals surface area contributed by atoms with E-state index in [0.29, 0.717) is 13.3 Å². The first-order valence-electron chi connectivity index (χ1n) is 9.50. The molecule has 0 aliphatic carbocycles. The van der Waals surface area contributed by atoms with Crippen LogP contribution >= 0.6 is 35.3 Å². The van der Waals surface area contributed by atoms with E-state index >= 15 is 0 Å². The summed E-state index contributed by atoms with van der Waals surface area (Å²) in [6, 6.07) is 8.24. The molecule has 0 unspecified atom stereocenters. The highest BCUT2D eigenvalue weighted by atomic mass is 127. The number of halogens is 1. The lowest BCUT2D eigenvalue weighted by Gasteiger charge is -2.27. The fraction of sp³-hybridized carbons (Fsp3) is 0.450. The topological polar surface area (TPSA) is 58.1 Å². The Morgan fingerprint density at radius 1 is 1.21 bits per heavy atom. The van der Waals surface area contributed by atoms with Crippen LogP contribution in [0.4, 0.5) is 0 Å². The Balaban J connectivity index is 0.00000225. The number of rotatable bonds is 6. The zero-order valence-corrected chi connectivity index (χ0v) is 19.2. The van der Waals surface area contributed by atoms with Crippen LogP contribution in [0.15, 0.2) is 34.6 Å². The minimum atomic E-state index is 0. The van der Waals surface area contributed by atoms with E-state index in [1.54, 1.807) is 4.88 Å². The predicted molar refractivity (Wildman–Crippen MR) is 124 cm³/mol. The van der Waals surface area contributed by atoms with Gasteiger partial charge in [-0.05, 0) is 48.1 Å². The Hall–Kier alpha value is -1.52. The number of hydrogen-bond donors (Lipinski definition) is 2. The van der Waals surface area contributed by atoms with Crippen LogP contribution in [-0.2, 0) is 19.5 Å². The number of thiophene rings is 1. The SMILES string of the molecule is CCNC(=NCc1ccc2c(c1)OCO2)NCCN1CCc2sccc2C1.I. The Labute approximate surface area is 187 Å². The van der Waals surface area contributed by atoms with Crippen molar-refractivity contribution < 1.29 is 9.47 Å². The van der Waals surface area contributed by atoms with Gasteiger partial charge in [-0.2, -0.15) is 0 Å². The van der Waals surface area contributed by atoms with Gasteiger partial charge in [0.15, 0.2) is 17.5 Å². The molecule has 0 radical (unpaired) electrons. The normalized spacial score (nSPS) is 15.7. The third-order valence-electron chi connectivity index (χ3n) is 4.81. The number of ether oxygens (including phenoxy) is 2. The molecule has 6 nitrogen and oxygen atoms in total. The Morgan fingerprint density at radius 2 is 2.11 bits per heavy atom. The molecule has 2 aliphatic rings. The number of aliphatic imine (C=N–C) groups is 1. The highest BCUT2D eigenvalue weighted by Gasteiger charge is 2.16. The number of fused-ring (bicyclic) bond motifs is 2. The molecule has 4 rings (SSSR count). The molecule has 152 valence electrons. The molecule has 2 aliphatic heterocycles. The molecule has 1 aromatic heterocycles. The lowest BCUT2D eigenvalue weighted by atomic mass is 10.1. The molecular weight excluding hydrogens is 487 g/mol. The molecule has 0 amide bonds. The Bertz CT molecular complexity index is 811. The van der Waals surface area contributed by atoms with Crippen LogP contribution in [0.2, 0.25) is 0 Å². The average molecular weight is 514 g/mol. The lowest BCUT2D eigenvalue weighted by molar-refractivity contribution is 0.174. The average Bonchev–Trinajstić information content (AvgIpc) is 3.34. The first-order valence-corrected chi connectivity index (χ1v) is 10.4. The number of benzene rings is 1. The molecule has 2 aromatic rings. The number of nitrogens with one attached hydrogen (secondary N) is 2. The van der Waals surface area contributed by atoms with Gasteiger partial charge in [-0.1, -0.05) is 6.07 Å². The zero-order chi connectivity index (χ0) is 18.5. The lowest BCUT2D eigenvalue weighted by Crippen LogP contribution is -2.42. The minimum Gasteiger partial charge on any atom is -0.454 e. The largest absolute Gasteiger partial charge is 0.454 e. The second kappa shape index (κ2) is 10.3. The van der Waals surface area contributed by atoms with E-state index in [2.05, 4.69) is 33.9 Å². The zero-order valence-electron chi connectivity index (χ0n) is 16.1. The summed E-state index contributed by atoms with van der Waals surface area (Å²) in [5.74, 6) is 2.46. The van der Waals surface area contributed by atoms with Crippen molar-refractivity contribution in [1.82, 2.24) is 15.5 Å². The van der Waals surface area contributed by atoms with E-state index in [9.17, 15) is 0 Å². The highest BCUT2D eigenvalue weighted by molar-refractivity contribution is 14.0. The molecule has 2 N–H and O–H groups in total. The van der Waals surface area contributed by atoms with Gasteiger partial charge in [0, 0.05) is 37.6 Å². The number of nitrogens with zero attached hydrogens (tertiary/aromatic N) is 2. The van der Waals surface area contributed by atoms with Crippen molar-refractivity contribution in [3.05, 3.63) is 45.6 Å². The third kappa shape index (κ3) is 5.30. The maximum absolute atomic E-state index is 5.44. The van der Waals surface area contributed by atoms with Crippen molar-refractivity contribution in [2.75, 3.05) is 33.0 Å². The van der Waals surface area contributed by atoms with E-state index in [-0.39, 0.29) is 24.0 Å². The maximum Gasteiger partial charge on any atom is 0.231 e. The van der Waals surface area contributed by atoms with Gasteiger partial charge in [-0.3, -0.25) is 4.90 Å². The van der Waals surface area contributed by atoms with E-state index in [1.165, 1.54) is 12.0 Å². The summed E-state index contributed by atoms with van der Waals surface area (Å²) in [6.07, 6.45) is 1.17. The summed E-state index contributed by atoms with van der Waals surface area (Å²) in [7, 11) is 0. The first kappa shape index (κ1) is 21.2. The fourth-order valence-electron chi connectivity index (χ4n) is 3.38. The molecule has 28 heavy (non-hydrogen) atoms. The summed E-state index contributed by atoms with van der Waals surface area (Å²) in [4.78, 5) is 8.76. The fourth-order valence-corrected chi connectivity index (χ4v) is 4.27. The van der Waals surface area contributed by atoms with Gasteiger partial charge in [0.1, 0.15) is 0 Å². The van der Waals surface area contributed by atoms with Crippen LogP contribution < -0.4 is 20.1 Å². The molecule has 1 aromatic carbocycles. The highest BCUT2D eigenvalue weighted by Crippen LogP contribution is 2.32. The first-order chi connectivity index (χ1) is 13.3. The van der Waals surface area contributed by atoms with Crippen LogP contribution in [0.25, 0.3) is 0 Å². The summed E-state index contributed by atoms with van der Waals surface area (Å²) in [5, 5.41) is 8.98. The molecule has 0 saturated heterocycles. The Kier molecular flexibility index (Phi) is 7.81. The van der Waals surface area contributed by atoms with E-state index in [1.807, 2.05) is 29.5 Å². The van der Waals surface area contributed by atoms with Gasteiger partial charge in [0.05, 0.1) is 6.54 Å². The minimum absolute atomic E-state index is 0. The second-order valence-electron chi connectivity index (χ2n) is 6.70. The molecule has 8 heteroatoms. The monoisotopic (exact) mass is 514 g/mol. The molecule has 0 spiro atoms. The van der Waals surface area contributed by atoms with Crippen LogP contribution in [0.3, 0.4) is 0 Å². The second-order valence-corrected chi connectivity index (χ2v) is 7.71. The van der Waals surface area contributed by atoms with Crippen LogP contribution in [0.5, 0.6) is 11.5 Å². The van der Waals surface area contributed by atoms with Gasteiger partial charge in [-0.15, -0.1) is 35.3 Å². The molecule has 0 atom stereocenters. The third-order valence-corrected chi connectivity index (χ3v) is 5.83. The van der Waals surface area contributed by atoms with Gasteiger partial charge < -0.3 is 20.1 Å². The molecule has 0 fully saturated rings. The van der Waals surface area contributed by atoms with Gasteiger partial charge in [0.2, 0.25) is 6.79 Å². The van der Waals surface area contributed by atoms with Crippen molar-refractivity contribution in [3.8, 4) is 11.5 Å². The van der Waals surface area contributed by atoms with Crippen LogP contribution in [0.1, 0.15) is 22.9 Å². The summed E-state index contributed by atoms with van der Waals surface area (Å²) in [5.41, 5.74) is 2.60. The molecule has 0 saturated carbocycles. The van der Waals surface area contributed by atoms with Gasteiger partial charge in [0.25, 0.3) is 0 Å². The smallest absolute Gasteiger partial charge is 0.231 e. The predicted octanol–water partition coefficient (Wildman–Crippen LogP) is 3.21. The maximum atomic E-state index is 5.44. The van der Waals surface area contributed by atoms with Gasteiger partial charge in [-0.25, -0.2) is 4.99 Å². The van der Waals surface area contributed by atoms with E-state index < -0.39 is 0 Å². The van der Waals surface area contributed by atoms with E-state index in [4.69, 9.17) is 14.5 Å². The quantitative estimate of drug-likeness (QED) is 0.353. The number of guanidine groups is 1. The van der Waals surface area contributed by atoms with Crippen molar-refractivity contribution in [2.45, 2.75) is 26.4 Å². The summed E-state index contributed by atoms with van der Waals surface area (Å²) < 4.78 is 10.8. The van der Waals surface area contributed by atoms with Crippen molar-refractivity contribution in [1.29, 1.82) is 0 Å². The van der Waals surface area contributed by atoms with Crippen LogP contribution in [0, 0.1) is 0 Å². The van der Waals surface area contributed by atoms with Crippen molar-refractivity contribution in [2.24, 2.45) is 4.99 Å². The molecular formula is C20H27IN4O2S. The standard InChI is InChI=1S/C20H26N4O2S.HI/c1-2-21-20(23-12-15-3-4-17-18(11-15)26-14-25-17)22-7-9-24-8-5-19-16(13-24)6-10-27-19;/h3-4,6,10-11H,2,5,7-9,12-14H2,1H3,(H2,21,22,23);1H. The van der Waals surface area contributed by atoms with Gasteiger partial charge >= 0.3 is 0 Å². The Morgan fingerprint density at radius 3 is 3.00 bits per heavy atom. The summed E-state index contributed by atoms with van der Waals surface area (Å²) in [6.45, 7) is 7.93. The van der Waals surface area contributed by atoms with E-state index in [0.717, 1.165) is 55.7 Å². The molecule has 3 heterocycles. The number of hydrogen-bond acceptors (Lipinski definition) is 5. The molecule has 0 bridgehead atoms. The van der Waals surface area contributed by atoms with Crippen molar-refractivity contribution >= 4 is 41.3 Å². The summed E-state index contributed by atoms with van der Waals surface area (Å²) >= 11 is 1.89.